The standard InChI is InChI=1S/C16H22N4O2/c17-12-15(21)19-10-8-18(9-11-19)14-6-7-20(16(14)22)13-4-2-1-3-5-13/h1-5,14H,6-12,17H2. The second kappa shape index (κ2) is 6.46. The summed E-state index contributed by atoms with van der Waals surface area (Å²) < 4.78 is 0. The Balaban J connectivity index is 1.61. The van der Waals surface area contributed by atoms with Crippen molar-refractivity contribution in [2.45, 2.75) is 12.5 Å². The van der Waals surface area contributed by atoms with Gasteiger partial charge in [-0.2, -0.15) is 0 Å². The fraction of sp³-hybridized carbons (Fsp3) is 0.500. The van der Waals surface area contributed by atoms with Gasteiger partial charge in [0.2, 0.25) is 11.8 Å². The average molecular weight is 302 g/mol. The molecule has 22 heavy (non-hydrogen) atoms. The molecule has 118 valence electrons. The molecule has 2 aliphatic rings. The van der Waals surface area contributed by atoms with E-state index in [1.54, 1.807) is 4.90 Å². The molecule has 2 amide bonds. The van der Waals surface area contributed by atoms with Gasteiger partial charge >= 0.3 is 0 Å². The van der Waals surface area contributed by atoms with E-state index in [9.17, 15) is 9.59 Å². The number of para-hydroxylation sites is 1. The van der Waals surface area contributed by atoms with Gasteiger partial charge in [-0.25, -0.2) is 0 Å². The number of carbonyl (C=O) groups excluding carboxylic acids is 2. The number of rotatable bonds is 3. The molecule has 1 unspecified atom stereocenters. The van der Waals surface area contributed by atoms with Gasteiger partial charge in [-0.1, -0.05) is 18.2 Å². The van der Waals surface area contributed by atoms with Crippen LogP contribution in [-0.4, -0.2) is 66.9 Å². The maximum atomic E-state index is 12.7. The number of piperazine rings is 1. The zero-order chi connectivity index (χ0) is 15.5. The third-order valence-corrected chi connectivity index (χ3v) is 4.53. The molecule has 0 bridgehead atoms. The molecule has 2 N–H and O–H groups in total. The van der Waals surface area contributed by atoms with Gasteiger partial charge in [0, 0.05) is 38.4 Å². The Morgan fingerprint density at radius 3 is 2.41 bits per heavy atom. The van der Waals surface area contributed by atoms with Gasteiger partial charge in [0.1, 0.15) is 0 Å². The summed E-state index contributed by atoms with van der Waals surface area (Å²) in [6.07, 6.45) is 0.846. The van der Waals surface area contributed by atoms with Crippen molar-refractivity contribution in [3.8, 4) is 0 Å². The Hall–Kier alpha value is -1.92. The fourth-order valence-electron chi connectivity index (χ4n) is 3.28. The first-order chi connectivity index (χ1) is 10.7. The minimum atomic E-state index is -0.0599. The van der Waals surface area contributed by atoms with Crippen LogP contribution in [0, 0.1) is 0 Å². The van der Waals surface area contributed by atoms with Gasteiger partial charge in [0.15, 0.2) is 0 Å². The van der Waals surface area contributed by atoms with Crippen LogP contribution in [0.5, 0.6) is 0 Å². The van der Waals surface area contributed by atoms with Gasteiger partial charge in [0.25, 0.3) is 0 Å². The van der Waals surface area contributed by atoms with E-state index in [-0.39, 0.29) is 24.4 Å². The molecule has 6 heteroatoms. The van der Waals surface area contributed by atoms with Crippen LogP contribution in [0.3, 0.4) is 0 Å². The monoisotopic (exact) mass is 302 g/mol. The molecule has 0 aliphatic carbocycles. The van der Waals surface area contributed by atoms with Crippen molar-refractivity contribution in [1.82, 2.24) is 9.80 Å². The Morgan fingerprint density at radius 2 is 1.77 bits per heavy atom. The largest absolute Gasteiger partial charge is 0.339 e. The van der Waals surface area contributed by atoms with Crippen molar-refractivity contribution >= 4 is 17.5 Å². The van der Waals surface area contributed by atoms with Crippen LogP contribution in [-0.2, 0) is 9.59 Å². The second-order valence-electron chi connectivity index (χ2n) is 5.75. The van der Waals surface area contributed by atoms with E-state index in [4.69, 9.17) is 5.73 Å². The lowest BCUT2D eigenvalue weighted by Crippen LogP contribution is -2.54. The third-order valence-electron chi connectivity index (χ3n) is 4.53. The van der Waals surface area contributed by atoms with Crippen molar-refractivity contribution in [1.29, 1.82) is 0 Å². The number of anilines is 1. The van der Waals surface area contributed by atoms with E-state index in [2.05, 4.69) is 4.90 Å². The molecule has 2 saturated heterocycles. The number of nitrogens with zero attached hydrogens (tertiary/aromatic N) is 3. The van der Waals surface area contributed by atoms with Crippen molar-refractivity contribution in [3.05, 3.63) is 30.3 Å². The molecular formula is C16H22N4O2. The molecule has 0 radical (unpaired) electrons. The SMILES string of the molecule is NCC(=O)N1CCN(C2CCN(c3ccccc3)C2=O)CC1. The van der Waals surface area contributed by atoms with Crippen LogP contribution in [0.1, 0.15) is 6.42 Å². The molecule has 2 aliphatic heterocycles. The minimum Gasteiger partial charge on any atom is -0.339 e. The predicted octanol–water partition coefficient (Wildman–Crippen LogP) is -0.105. The summed E-state index contributed by atoms with van der Waals surface area (Å²) in [5.41, 5.74) is 6.36. The van der Waals surface area contributed by atoms with Crippen molar-refractivity contribution in [2.75, 3.05) is 44.2 Å². The topological polar surface area (TPSA) is 69.9 Å². The molecule has 2 fully saturated rings. The summed E-state index contributed by atoms with van der Waals surface area (Å²) in [5, 5.41) is 0. The van der Waals surface area contributed by atoms with Gasteiger partial charge < -0.3 is 15.5 Å². The zero-order valence-corrected chi connectivity index (χ0v) is 12.6. The van der Waals surface area contributed by atoms with Crippen LogP contribution < -0.4 is 10.6 Å². The summed E-state index contributed by atoms with van der Waals surface area (Å²) in [7, 11) is 0. The maximum Gasteiger partial charge on any atom is 0.244 e. The van der Waals surface area contributed by atoms with Crippen molar-refractivity contribution in [3.63, 3.8) is 0 Å². The molecule has 1 aromatic carbocycles. The molecule has 2 heterocycles. The maximum absolute atomic E-state index is 12.7. The van der Waals surface area contributed by atoms with Crippen LogP contribution in [0.25, 0.3) is 0 Å². The molecular weight excluding hydrogens is 280 g/mol. The summed E-state index contributed by atoms with van der Waals surface area (Å²) >= 11 is 0. The highest BCUT2D eigenvalue weighted by atomic mass is 16.2. The predicted molar refractivity (Wildman–Crippen MR) is 84.4 cm³/mol. The zero-order valence-electron chi connectivity index (χ0n) is 12.6. The number of hydrogen-bond donors (Lipinski definition) is 1. The highest BCUT2D eigenvalue weighted by molar-refractivity contribution is 5.99. The van der Waals surface area contributed by atoms with Gasteiger partial charge in [-0.3, -0.25) is 14.5 Å². The average Bonchev–Trinajstić information content (AvgIpc) is 2.96. The Kier molecular flexibility index (Phi) is 4.40. The number of nitrogens with two attached hydrogens (primary N) is 1. The number of hydrogen-bond acceptors (Lipinski definition) is 4. The molecule has 6 nitrogen and oxygen atoms in total. The van der Waals surface area contributed by atoms with Crippen molar-refractivity contribution in [2.24, 2.45) is 5.73 Å². The first kappa shape index (κ1) is 15.0. The lowest BCUT2D eigenvalue weighted by molar-refractivity contribution is -0.132. The highest BCUT2D eigenvalue weighted by Gasteiger charge is 2.37. The first-order valence-corrected chi connectivity index (χ1v) is 7.79. The molecule has 1 aromatic rings. The Morgan fingerprint density at radius 1 is 1.09 bits per heavy atom. The van der Waals surface area contributed by atoms with E-state index in [0.29, 0.717) is 13.1 Å². The van der Waals surface area contributed by atoms with Crippen LogP contribution in [0.2, 0.25) is 0 Å². The molecule has 0 spiro atoms. The van der Waals surface area contributed by atoms with E-state index >= 15 is 0 Å². The molecule has 0 saturated carbocycles. The molecule has 0 aromatic heterocycles. The third kappa shape index (κ3) is 2.84. The summed E-state index contributed by atoms with van der Waals surface area (Å²) in [6, 6.07) is 9.74. The van der Waals surface area contributed by atoms with Crippen LogP contribution >= 0.6 is 0 Å². The number of carbonyl (C=O) groups is 2. The highest BCUT2D eigenvalue weighted by Crippen LogP contribution is 2.24. The van der Waals surface area contributed by atoms with Gasteiger partial charge in [-0.15, -0.1) is 0 Å². The number of benzene rings is 1. The van der Waals surface area contributed by atoms with E-state index in [1.165, 1.54) is 0 Å². The van der Waals surface area contributed by atoms with Gasteiger partial charge in [0.05, 0.1) is 12.6 Å². The second-order valence-corrected chi connectivity index (χ2v) is 5.75. The lowest BCUT2D eigenvalue weighted by atomic mass is 10.2. The van der Waals surface area contributed by atoms with E-state index in [1.807, 2.05) is 35.2 Å². The summed E-state index contributed by atoms with van der Waals surface area (Å²) in [5.74, 6) is 0.160. The first-order valence-electron chi connectivity index (χ1n) is 7.79. The Labute approximate surface area is 130 Å². The normalized spacial score (nSPS) is 23.1. The van der Waals surface area contributed by atoms with Crippen molar-refractivity contribution < 1.29 is 9.59 Å². The molecule has 1 atom stereocenters. The van der Waals surface area contributed by atoms with E-state index in [0.717, 1.165) is 31.7 Å². The fourth-order valence-corrected chi connectivity index (χ4v) is 3.28. The lowest BCUT2D eigenvalue weighted by Gasteiger charge is -2.37. The summed E-state index contributed by atoms with van der Waals surface area (Å²) in [4.78, 5) is 30.1. The van der Waals surface area contributed by atoms with Crippen LogP contribution in [0.4, 0.5) is 5.69 Å². The quantitative estimate of drug-likeness (QED) is 0.846. The van der Waals surface area contributed by atoms with Crippen LogP contribution in [0.15, 0.2) is 30.3 Å². The minimum absolute atomic E-state index is 0.0108. The Bertz CT molecular complexity index is 540. The van der Waals surface area contributed by atoms with E-state index < -0.39 is 0 Å². The smallest absolute Gasteiger partial charge is 0.244 e. The number of amides is 2. The van der Waals surface area contributed by atoms with Gasteiger partial charge in [-0.05, 0) is 18.6 Å². The summed E-state index contributed by atoms with van der Waals surface area (Å²) in [6.45, 7) is 3.62. The molecule has 3 rings (SSSR count).